The number of aryl methyl sites for hydroxylation is 1. The fourth-order valence-electron chi connectivity index (χ4n) is 3.70. The molecule has 0 aliphatic carbocycles. The smallest absolute Gasteiger partial charge is 0.164 e. The molecule has 0 spiro atoms. The molecule has 2 heterocycles. The Balaban J connectivity index is 1.71. The molecule has 0 aliphatic rings. The molecule has 5 aromatic rings. The second-order valence-electron chi connectivity index (χ2n) is 7.11. The van der Waals surface area contributed by atoms with Gasteiger partial charge in [0.05, 0.1) is 0 Å². The predicted molar refractivity (Wildman–Crippen MR) is 121 cm³/mol. The minimum absolute atomic E-state index is 0.577. The van der Waals surface area contributed by atoms with Crippen LogP contribution in [0.25, 0.3) is 45.5 Å². The third kappa shape index (κ3) is 2.99. The number of hydrogen-bond donors (Lipinski definition) is 0. The Bertz CT molecular complexity index is 1550. The number of para-hydroxylation sites is 1. The van der Waals surface area contributed by atoms with Crippen molar-refractivity contribution in [2.24, 2.45) is 0 Å². The van der Waals surface area contributed by atoms with Gasteiger partial charge in [-0.1, -0.05) is 67.8 Å². The van der Waals surface area contributed by atoms with Crippen LogP contribution >= 0.6 is 0 Å². The van der Waals surface area contributed by atoms with E-state index in [1.165, 1.54) is 0 Å². The third-order valence-electron chi connectivity index (χ3n) is 5.14. The number of nitrogens with zero attached hydrogens (tertiary/aromatic N) is 3. The quantitative estimate of drug-likeness (QED) is 0.455. The van der Waals surface area contributed by atoms with Gasteiger partial charge in [0.2, 0.25) is 0 Å². The molecule has 0 N–H and O–H groups in total. The van der Waals surface area contributed by atoms with Crippen molar-refractivity contribution in [1.82, 2.24) is 15.0 Å². The van der Waals surface area contributed by atoms with Gasteiger partial charge in [-0.05, 0) is 35.6 Å². The lowest BCUT2D eigenvalue weighted by Crippen LogP contribution is -2.25. The molecule has 2 aromatic heterocycles. The van der Waals surface area contributed by atoms with Crippen LogP contribution in [0, 0.1) is 6.92 Å². The monoisotopic (exact) mass is 389 g/mol. The Morgan fingerprint density at radius 1 is 0.867 bits per heavy atom. The minimum Gasteiger partial charge on any atom is -0.456 e. The van der Waals surface area contributed by atoms with Crippen molar-refractivity contribution in [2.45, 2.75) is 6.92 Å². The van der Waals surface area contributed by atoms with Crippen molar-refractivity contribution in [3.8, 4) is 11.4 Å². The summed E-state index contributed by atoms with van der Waals surface area (Å²) in [6.45, 7) is 9.96. The molecule has 0 bridgehead atoms. The lowest BCUT2D eigenvalue weighted by atomic mass is 10.1. The first-order valence-corrected chi connectivity index (χ1v) is 9.69. The Labute approximate surface area is 173 Å². The maximum atomic E-state index is 6.03. The normalized spacial score (nSPS) is 12.3. The zero-order chi connectivity index (χ0) is 20.7. The van der Waals surface area contributed by atoms with Gasteiger partial charge in [0.1, 0.15) is 17.0 Å². The van der Waals surface area contributed by atoms with Crippen LogP contribution in [-0.4, -0.2) is 15.0 Å². The molecule has 0 saturated carbocycles. The average molecular weight is 389 g/mol. The van der Waals surface area contributed by atoms with E-state index in [0.717, 1.165) is 43.5 Å². The van der Waals surface area contributed by atoms with Crippen LogP contribution in [0.1, 0.15) is 11.6 Å². The first-order valence-electron chi connectivity index (χ1n) is 9.69. The van der Waals surface area contributed by atoms with E-state index in [-0.39, 0.29) is 0 Å². The third-order valence-corrected chi connectivity index (χ3v) is 5.14. The number of hydrogen-bond acceptors (Lipinski definition) is 4. The van der Waals surface area contributed by atoms with Gasteiger partial charge >= 0.3 is 0 Å². The lowest BCUT2D eigenvalue weighted by molar-refractivity contribution is 0.669. The molecule has 144 valence electrons. The first-order chi connectivity index (χ1) is 14.6. The standard InChI is InChI=1S/C26H19N3O/c1-4-19(20-10-6-5-9-16(20)2)26-28-17(3)27-25(29-26)18-13-14-22-21-11-7-8-12-23(21)30-24(22)15-18/h4-15H,1-2H2,3H3/b20-19+. The van der Waals surface area contributed by atoms with Gasteiger partial charge in [-0.2, -0.15) is 0 Å². The van der Waals surface area contributed by atoms with E-state index in [1.54, 1.807) is 6.08 Å². The van der Waals surface area contributed by atoms with Crippen molar-refractivity contribution >= 4 is 34.1 Å². The fourth-order valence-corrected chi connectivity index (χ4v) is 3.70. The molecule has 0 unspecified atom stereocenters. The molecule has 0 fully saturated rings. The molecule has 5 rings (SSSR count). The van der Waals surface area contributed by atoms with Gasteiger partial charge in [0.15, 0.2) is 11.6 Å². The molecule has 0 amide bonds. The molecule has 0 radical (unpaired) electrons. The number of aromatic nitrogens is 3. The summed E-state index contributed by atoms with van der Waals surface area (Å²) in [7, 11) is 0. The van der Waals surface area contributed by atoms with Crippen LogP contribution in [-0.2, 0) is 0 Å². The Hall–Kier alpha value is -4.05. The molecule has 30 heavy (non-hydrogen) atoms. The Morgan fingerprint density at radius 3 is 2.47 bits per heavy atom. The van der Waals surface area contributed by atoms with Crippen molar-refractivity contribution in [3.05, 3.63) is 101 Å². The van der Waals surface area contributed by atoms with Gasteiger partial charge in [-0.25, -0.2) is 15.0 Å². The number of benzene rings is 3. The minimum atomic E-state index is 0.577. The summed E-state index contributed by atoms with van der Waals surface area (Å²) in [5.41, 5.74) is 3.38. The van der Waals surface area contributed by atoms with Crippen molar-refractivity contribution in [3.63, 3.8) is 0 Å². The van der Waals surface area contributed by atoms with E-state index in [4.69, 9.17) is 9.40 Å². The average Bonchev–Trinajstić information content (AvgIpc) is 3.13. The van der Waals surface area contributed by atoms with Crippen LogP contribution in [0.3, 0.4) is 0 Å². The van der Waals surface area contributed by atoms with E-state index in [1.807, 2.05) is 61.5 Å². The van der Waals surface area contributed by atoms with Crippen LogP contribution < -0.4 is 10.4 Å². The zero-order valence-electron chi connectivity index (χ0n) is 16.6. The number of rotatable bonds is 3. The maximum Gasteiger partial charge on any atom is 0.164 e. The fraction of sp³-hybridized carbons (Fsp3) is 0.0385. The summed E-state index contributed by atoms with van der Waals surface area (Å²) in [5.74, 6) is 1.81. The molecule has 0 saturated heterocycles. The largest absolute Gasteiger partial charge is 0.456 e. The highest BCUT2D eigenvalue weighted by Gasteiger charge is 2.12. The van der Waals surface area contributed by atoms with Crippen molar-refractivity contribution in [2.75, 3.05) is 0 Å². The second kappa shape index (κ2) is 7.08. The number of furan rings is 1. The summed E-state index contributed by atoms with van der Waals surface area (Å²) >= 11 is 0. The summed E-state index contributed by atoms with van der Waals surface area (Å²) in [6.07, 6.45) is 1.77. The molecule has 4 heteroatoms. The van der Waals surface area contributed by atoms with Gasteiger partial charge in [-0.15, -0.1) is 0 Å². The summed E-state index contributed by atoms with van der Waals surface area (Å²) in [6, 6.07) is 22.0. The first kappa shape index (κ1) is 18.0. The summed E-state index contributed by atoms with van der Waals surface area (Å²) in [4.78, 5) is 13.9. The highest BCUT2D eigenvalue weighted by molar-refractivity contribution is 6.05. The number of allylic oxidation sites excluding steroid dienone is 1. The van der Waals surface area contributed by atoms with E-state index in [2.05, 4.69) is 35.3 Å². The Morgan fingerprint density at radius 2 is 1.63 bits per heavy atom. The highest BCUT2D eigenvalue weighted by Crippen LogP contribution is 2.31. The molecule has 4 nitrogen and oxygen atoms in total. The van der Waals surface area contributed by atoms with Crippen molar-refractivity contribution < 1.29 is 4.42 Å². The second-order valence-corrected chi connectivity index (χ2v) is 7.11. The highest BCUT2D eigenvalue weighted by atomic mass is 16.3. The van der Waals surface area contributed by atoms with Crippen LogP contribution in [0.4, 0.5) is 0 Å². The van der Waals surface area contributed by atoms with Crippen LogP contribution in [0.15, 0.2) is 83.8 Å². The molecule has 0 aliphatic heterocycles. The van der Waals surface area contributed by atoms with Gasteiger partial charge < -0.3 is 4.42 Å². The van der Waals surface area contributed by atoms with Gasteiger partial charge in [-0.3, -0.25) is 0 Å². The topological polar surface area (TPSA) is 51.8 Å². The van der Waals surface area contributed by atoms with E-state index in [0.29, 0.717) is 17.5 Å². The van der Waals surface area contributed by atoms with E-state index in [9.17, 15) is 0 Å². The summed E-state index contributed by atoms with van der Waals surface area (Å²) < 4.78 is 6.03. The number of fused-ring (bicyclic) bond motifs is 3. The van der Waals surface area contributed by atoms with Crippen LogP contribution in [0.2, 0.25) is 0 Å². The van der Waals surface area contributed by atoms with Gasteiger partial charge in [0.25, 0.3) is 0 Å². The van der Waals surface area contributed by atoms with E-state index < -0.39 is 0 Å². The maximum absolute atomic E-state index is 6.03. The van der Waals surface area contributed by atoms with Crippen molar-refractivity contribution in [1.29, 1.82) is 0 Å². The predicted octanol–water partition coefficient (Wildman–Crippen LogP) is 4.54. The lowest BCUT2D eigenvalue weighted by Gasteiger charge is -2.07. The molecule has 0 atom stereocenters. The molecular weight excluding hydrogens is 370 g/mol. The molecule has 3 aromatic carbocycles. The van der Waals surface area contributed by atoms with Crippen LogP contribution in [0.5, 0.6) is 0 Å². The summed E-state index contributed by atoms with van der Waals surface area (Å²) in [5, 5.41) is 4.03. The molecular formula is C26H19N3O. The SMILES string of the molecule is C=C/C(c1nc(C)nc(-c2ccc3c(c2)oc2ccccc23)n1)=c1/ccccc1=C. The Kier molecular flexibility index (Phi) is 4.25. The zero-order valence-corrected chi connectivity index (χ0v) is 16.6. The van der Waals surface area contributed by atoms with Gasteiger partial charge in [0, 0.05) is 21.9 Å². The van der Waals surface area contributed by atoms with E-state index >= 15 is 0 Å².